The molecule has 3 rings (SSSR count). The third kappa shape index (κ3) is 4.85. The predicted octanol–water partition coefficient (Wildman–Crippen LogP) is 3.10. The van der Waals surface area contributed by atoms with Gasteiger partial charge in [0.25, 0.3) is 0 Å². The molecule has 0 radical (unpaired) electrons. The van der Waals surface area contributed by atoms with Crippen molar-refractivity contribution in [1.82, 2.24) is 19.9 Å². The lowest BCUT2D eigenvalue weighted by atomic mass is 9.96. The second kappa shape index (κ2) is 8.59. The van der Waals surface area contributed by atoms with Crippen LogP contribution in [0.5, 0.6) is 0 Å². The molecule has 0 unspecified atom stereocenters. The van der Waals surface area contributed by atoms with E-state index in [0.29, 0.717) is 6.04 Å². The molecule has 1 aliphatic carbocycles. The Bertz CT molecular complexity index is 397. The average Bonchev–Trinajstić information content (AvgIpc) is 2.98. The highest BCUT2D eigenvalue weighted by molar-refractivity contribution is 5.85. The van der Waals surface area contributed by atoms with Crippen LogP contribution in [0.25, 0.3) is 0 Å². The Morgan fingerprint density at radius 1 is 1.05 bits per heavy atom. The molecule has 1 N–H and O–H groups in total. The van der Waals surface area contributed by atoms with Crippen molar-refractivity contribution in [2.45, 2.75) is 57.4 Å². The Morgan fingerprint density at radius 2 is 1.76 bits per heavy atom. The van der Waals surface area contributed by atoms with E-state index in [9.17, 15) is 0 Å². The van der Waals surface area contributed by atoms with Crippen molar-refractivity contribution in [1.29, 1.82) is 0 Å². The van der Waals surface area contributed by atoms with E-state index >= 15 is 0 Å². The Kier molecular flexibility index (Phi) is 6.77. The van der Waals surface area contributed by atoms with Gasteiger partial charge in [-0.05, 0) is 38.8 Å². The Labute approximate surface area is 133 Å². The van der Waals surface area contributed by atoms with Crippen molar-refractivity contribution in [3.8, 4) is 0 Å². The fourth-order valence-electron chi connectivity index (χ4n) is 3.41. The average molecular weight is 314 g/mol. The SMILES string of the molecule is Cl.c1c(NCCN2CCCCC2)nnn1C1CCCCC1. The van der Waals surface area contributed by atoms with Crippen molar-refractivity contribution < 1.29 is 0 Å². The number of halogens is 1. The second-order valence-corrected chi connectivity index (χ2v) is 6.20. The first-order chi connectivity index (χ1) is 9.92. The van der Waals surface area contributed by atoms with Crippen LogP contribution in [0.4, 0.5) is 5.82 Å². The maximum Gasteiger partial charge on any atom is 0.168 e. The Balaban J connectivity index is 0.00000161. The maximum absolute atomic E-state index is 4.30. The molecular weight excluding hydrogens is 286 g/mol. The van der Waals surface area contributed by atoms with Gasteiger partial charge in [0, 0.05) is 13.1 Å². The molecule has 21 heavy (non-hydrogen) atoms. The van der Waals surface area contributed by atoms with Crippen LogP contribution in [0, 0.1) is 0 Å². The number of likely N-dealkylation sites (tertiary alicyclic amines) is 1. The van der Waals surface area contributed by atoms with Gasteiger partial charge in [0.05, 0.1) is 12.2 Å². The highest BCUT2D eigenvalue weighted by atomic mass is 35.5. The molecule has 1 aliphatic heterocycles. The standard InChI is InChI=1S/C15H27N5.ClH/c1-3-7-14(8-4-1)20-13-15(17-18-20)16-9-12-19-10-5-2-6-11-19;/h13-14,16H,1-12H2;1H. The van der Waals surface area contributed by atoms with Crippen molar-refractivity contribution >= 4 is 18.2 Å². The minimum atomic E-state index is 0. The monoisotopic (exact) mass is 313 g/mol. The van der Waals surface area contributed by atoms with Gasteiger partial charge in [0.2, 0.25) is 0 Å². The number of nitrogens with one attached hydrogen (secondary N) is 1. The molecule has 6 heteroatoms. The lowest BCUT2D eigenvalue weighted by Crippen LogP contribution is -2.33. The van der Waals surface area contributed by atoms with Crippen molar-refractivity contribution in [3.63, 3.8) is 0 Å². The number of aromatic nitrogens is 3. The van der Waals surface area contributed by atoms with Gasteiger partial charge < -0.3 is 10.2 Å². The van der Waals surface area contributed by atoms with E-state index in [1.165, 1.54) is 64.5 Å². The molecule has 1 saturated heterocycles. The molecule has 2 heterocycles. The van der Waals surface area contributed by atoms with Gasteiger partial charge in [-0.3, -0.25) is 0 Å². The summed E-state index contributed by atoms with van der Waals surface area (Å²) in [6.07, 6.45) is 12.8. The largest absolute Gasteiger partial charge is 0.366 e. The van der Waals surface area contributed by atoms with Gasteiger partial charge in [0.1, 0.15) is 0 Å². The molecule has 0 aromatic carbocycles. The van der Waals surface area contributed by atoms with E-state index in [4.69, 9.17) is 0 Å². The van der Waals surface area contributed by atoms with Crippen LogP contribution in [-0.4, -0.2) is 46.1 Å². The lowest BCUT2D eigenvalue weighted by Gasteiger charge is -2.26. The molecule has 120 valence electrons. The number of piperidine rings is 1. The molecular formula is C15H28ClN5. The molecule has 0 amide bonds. The van der Waals surface area contributed by atoms with E-state index in [1.807, 2.05) is 0 Å². The van der Waals surface area contributed by atoms with Gasteiger partial charge in [0.15, 0.2) is 5.82 Å². The van der Waals surface area contributed by atoms with Crippen LogP contribution < -0.4 is 5.32 Å². The fraction of sp³-hybridized carbons (Fsp3) is 0.867. The normalized spacial score (nSPS) is 21.0. The first-order valence-electron chi connectivity index (χ1n) is 8.30. The number of hydrogen-bond donors (Lipinski definition) is 1. The van der Waals surface area contributed by atoms with Gasteiger partial charge >= 0.3 is 0 Å². The smallest absolute Gasteiger partial charge is 0.168 e. The predicted molar refractivity (Wildman–Crippen MR) is 88.2 cm³/mol. The van der Waals surface area contributed by atoms with Crippen LogP contribution in [0.3, 0.4) is 0 Å². The Morgan fingerprint density at radius 3 is 2.52 bits per heavy atom. The number of hydrogen-bond acceptors (Lipinski definition) is 4. The third-order valence-corrected chi connectivity index (χ3v) is 4.64. The van der Waals surface area contributed by atoms with Gasteiger partial charge in [-0.25, -0.2) is 4.68 Å². The van der Waals surface area contributed by atoms with Crippen molar-refractivity contribution in [2.24, 2.45) is 0 Å². The zero-order valence-electron chi connectivity index (χ0n) is 12.8. The van der Waals surface area contributed by atoms with Crippen LogP contribution >= 0.6 is 12.4 Å². The van der Waals surface area contributed by atoms with Crippen LogP contribution in [-0.2, 0) is 0 Å². The minimum Gasteiger partial charge on any atom is -0.366 e. The number of rotatable bonds is 5. The summed E-state index contributed by atoms with van der Waals surface area (Å²) in [6, 6.07) is 0.578. The highest BCUT2D eigenvalue weighted by Crippen LogP contribution is 2.27. The quantitative estimate of drug-likeness (QED) is 0.907. The zero-order chi connectivity index (χ0) is 13.6. The van der Waals surface area contributed by atoms with E-state index < -0.39 is 0 Å². The molecule has 0 bridgehead atoms. The molecule has 2 aliphatic rings. The summed E-state index contributed by atoms with van der Waals surface area (Å²) in [5, 5.41) is 12.0. The van der Waals surface area contributed by atoms with E-state index in [0.717, 1.165) is 18.9 Å². The summed E-state index contributed by atoms with van der Waals surface area (Å²) in [5.74, 6) is 0.938. The molecule has 1 aromatic rings. The Hall–Kier alpha value is -0.810. The first-order valence-corrected chi connectivity index (χ1v) is 8.30. The topological polar surface area (TPSA) is 46.0 Å². The third-order valence-electron chi connectivity index (χ3n) is 4.64. The minimum absolute atomic E-state index is 0. The van der Waals surface area contributed by atoms with Crippen molar-refractivity contribution in [3.05, 3.63) is 6.20 Å². The zero-order valence-corrected chi connectivity index (χ0v) is 13.7. The summed E-state index contributed by atoms with van der Waals surface area (Å²) in [6.45, 7) is 4.62. The van der Waals surface area contributed by atoms with E-state index in [-0.39, 0.29) is 12.4 Å². The molecule has 5 nitrogen and oxygen atoms in total. The van der Waals surface area contributed by atoms with E-state index in [2.05, 4.69) is 31.4 Å². The van der Waals surface area contributed by atoms with Crippen LogP contribution in [0.1, 0.15) is 57.4 Å². The van der Waals surface area contributed by atoms with Gasteiger partial charge in [-0.2, -0.15) is 0 Å². The van der Waals surface area contributed by atoms with Gasteiger partial charge in [-0.15, -0.1) is 17.5 Å². The number of nitrogens with zero attached hydrogens (tertiary/aromatic N) is 4. The second-order valence-electron chi connectivity index (χ2n) is 6.20. The summed E-state index contributed by atoms with van der Waals surface area (Å²) in [4.78, 5) is 2.54. The van der Waals surface area contributed by atoms with Crippen LogP contribution in [0.15, 0.2) is 6.20 Å². The highest BCUT2D eigenvalue weighted by Gasteiger charge is 2.16. The van der Waals surface area contributed by atoms with Crippen molar-refractivity contribution in [2.75, 3.05) is 31.5 Å². The maximum atomic E-state index is 4.30. The first kappa shape index (κ1) is 16.6. The van der Waals surface area contributed by atoms with E-state index in [1.54, 1.807) is 0 Å². The molecule has 1 saturated carbocycles. The summed E-state index contributed by atoms with van der Waals surface area (Å²) in [5.41, 5.74) is 0. The molecule has 2 fully saturated rings. The van der Waals surface area contributed by atoms with Crippen LogP contribution in [0.2, 0.25) is 0 Å². The number of anilines is 1. The lowest BCUT2D eigenvalue weighted by molar-refractivity contribution is 0.237. The summed E-state index contributed by atoms with van der Waals surface area (Å²) < 4.78 is 2.07. The molecule has 0 atom stereocenters. The van der Waals surface area contributed by atoms with Gasteiger partial charge in [-0.1, -0.05) is 30.9 Å². The summed E-state index contributed by atoms with van der Waals surface area (Å²) in [7, 11) is 0. The molecule has 0 spiro atoms. The summed E-state index contributed by atoms with van der Waals surface area (Å²) >= 11 is 0. The fourth-order valence-corrected chi connectivity index (χ4v) is 3.41. The molecule has 1 aromatic heterocycles.